The molecular weight excluding hydrogens is 434 g/mol. The third-order valence-electron chi connectivity index (χ3n) is 3.45. The summed E-state index contributed by atoms with van der Waals surface area (Å²) >= 11 is 12.7. The van der Waals surface area contributed by atoms with Crippen LogP contribution in [0.4, 0.5) is 18.9 Å². The second kappa shape index (κ2) is 8.38. The summed E-state index contributed by atoms with van der Waals surface area (Å²) in [6, 6.07) is 10.4. The van der Waals surface area contributed by atoms with Crippen LogP contribution in [0.3, 0.4) is 0 Å². The Balaban J connectivity index is 1.84. The van der Waals surface area contributed by atoms with E-state index in [1.165, 1.54) is 6.20 Å². The molecule has 4 nitrogen and oxygen atoms in total. The summed E-state index contributed by atoms with van der Waals surface area (Å²) < 4.78 is 38.2. The normalized spacial score (nSPS) is 11.3. The minimum atomic E-state index is -4.55. The van der Waals surface area contributed by atoms with Crippen LogP contribution < -0.4 is 5.32 Å². The number of nitrogens with zero attached hydrogens (tertiary/aromatic N) is 2. The maximum Gasteiger partial charge on any atom is 0.417 e. The first-order chi connectivity index (χ1) is 13.2. The summed E-state index contributed by atoms with van der Waals surface area (Å²) in [5, 5.41) is 3.40. The number of pyridine rings is 2. The number of hydrogen-bond donors (Lipinski definition) is 1. The molecule has 0 spiro atoms. The zero-order chi connectivity index (χ0) is 20.3. The molecule has 144 valence electrons. The van der Waals surface area contributed by atoms with Gasteiger partial charge in [-0.1, -0.05) is 23.2 Å². The predicted molar refractivity (Wildman–Crippen MR) is 102 cm³/mol. The van der Waals surface area contributed by atoms with Gasteiger partial charge in [-0.15, -0.1) is 0 Å². The van der Waals surface area contributed by atoms with E-state index in [2.05, 4.69) is 15.3 Å². The van der Waals surface area contributed by atoms with E-state index in [-0.39, 0.29) is 20.6 Å². The van der Waals surface area contributed by atoms with E-state index in [9.17, 15) is 18.0 Å². The van der Waals surface area contributed by atoms with Crippen molar-refractivity contribution in [1.29, 1.82) is 0 Å². The molecule has 0 radical (unpaired) electrons. The molecule has 10 heteroatoms. The Morgan fingerprint density at radius 1 is 1.04 bits per heavy atom. The van der Waals surface area contributed by atoms with Crippen LogP contribution >= 0.6 is 35.0 Å². The molecule has 1 N–H and O–H groups in total. The van der Waals surface area contributed by atoms with Crippen molar-refractivity contribution in [2.24, 2.45) is 0 Å². The fourth-order valence-corrected chi connectivity index (χ4v) is 3.36. The first-order valence-electron chi connectivity index (χ1n) is 7.66. The van der Waals surface area contributed by atoms with Gasteiger partial charge in [0.1, 0.15) is 10.1 Å². The lowest BCUT2D eigenvalue weighted by Gasteiger charge is -2.11. The maximum atomic E-state index is 12.7. The van der Waals surface area contributed by atoms with Gasteiger partial charge in [0.15, 0.2) is 0 Å². The molecule has 2 heterocycles. The van der Waals surface area contributed by atoms with Gasteiger partial charge in [-0.05, 0) is 54.2 Å². The Labute approximate surface area is 172 Å². The van der Waals surface area contributed by atoms with Crippen LogP contribution in [0, 0.1) is 0 Å². The second-order valence-corrected chi connectivity index (χ2v) is 7.25. The van der Waals surface area contributed by atoms with Crippen LogP contribution in [0.15, 0.2) is 64.9 Å². The number of carbonyl (C=O) groups is 1. The highest BCUT2D eigenvalue weighted by Gasteiger charge is 2.31. The molecule has 0 aliphatic heterocycles. The van der Waals surface area contributed by atoms with Gasteiger partial charge in [-0.2, -0.15) is 13.2 Å². The summed E-state index contributed by atoms with van der Waals surface area (Å²) in [6.07, 6.45) is -2.40. The molecule has 28 heavy (non-hydrogen) atoms. The number of alkyl halides is 3. The summed E-state index contributed by atoms with van der Waals surface area (Å²) in [5.41, 5.74) is -0.205. The quantitative estimate of drug-likeness (QED) is 0.520. The number of hydrogen-bond acceptors (Lipinski definition) is 4. The summed E-state index contributed by atoms with van der Waals surface area (Å²) in [6.45, 7) is 0. The van der Waals surface area contributed by atoms with E-state index in [1.807, 2.05) is 0 Å². The number of halogens is 5. The van der Waals surface area contributed by atoms with Gasteiger partial charge < -0.3 is 5.32 Å². The highest BCUT2D eigenvalue weighted by Crippen LogP contribution is 2.36. The summed E-state index contributed by atoms with van der Waals surface area (Å²) in [7, 11) is 0. The van der Waals surface area contributed by atoms with Crippen molar-refractivity contribution in [1.82, 2.24) is 9.97 Å². The van der Waals surface area contributed by atoms with Gasteiger partial charge >= 0.3 is 6.18 Å². The van der Waals surface area contributed by atoms with Gasteiger partial charge in [0, 0.05) is 23.1 Å². The van der Waals surface area contributed by atoms with Gasteiger partial charge in [0.25, 0.3) is 5.91 Å². The van der Waals surface area contributed by atoms with E-state index in [0.717, 1.165) is 17.8 Å². The summed E-state index contributed by atoms with van der Waals surface area (Å²) in [5.74, 6) is -0.444. The molecule has 3 rings (SSSR count). The van der Waals surface area contributed by atoms with E-state index < -0.39 is 17.6 Å². The van der Waals surface area contributed by atoms with Gasteiger partial charge in [0.05, 0.1) is 16.1 Å². The second-order valence-electron chi connectivity index (χ2n) is 5.43. The first-order valence-corrected chi connectivity index (χ1v) is 9.24. The van der Waals surface area contributed by atoms with Crippen LogP contribution in [-0.2, 0) is 6.18 Å². The number of benzene rings is 1. The zero-order valence-corrected chi connectivity index (χ0v) is 16.1. The minimum Gasteiger partial charge on any atom is -0.322 e. The molecule has 0 unspecified atom stereocenters. The Morgan fingerprint density at radius 2 is 1.75 bits per heavy atom. The fourth-order valence-electron chi connectivity index (χ4n) is 2.12. The predicted octanol–water partition coefficient (Wildman–Crippen LogP) is 6.21. The van der Waals surface area contributed by atoms with Crippen LogP contribution in [0.25, 0.3) is 0 Å². The molecule has 3 aromatic rings. The topological polar surface area (TPSA) is 54.9 Å². The lowest BCUT2D eigenvalue weighted by Crippen LogP contribution is -2.13. The lowest BCUT2D eigenvalue weighted by atomic mass is 10.2. The number of rotatable bonds is 4. The molecule has 1 aromatic carbocycles. The minimum absolute atomic E-state index is 0.105. The van der Waals surface area contributed by atoms with Gasteiger partial charge in [0.2, 0.25) is 0 Å². The molecule has 0 bridgehead atoms. The molecule has 0 saturated carbocycles. The first kappa shape index (κ1) is 20.4. The van der Waals surface area contributed by atoms with Crippen LogP contribution in [0.5, 0.6) is 0 Å². The van der Waals surface area contributed by atoms with Crippen molar-refractivity contribution in [3.63, 3.8) is 0 Å². The highest BCUT2D eigenvalue weighted by atomic mass is 35.5. The van der Waals surface area contributed by atoms with Crippen LogP contribution in [0.2, 0.25) is 10.0 Å². The largest absolute Gasteiger partial charge is 0.417 e. The lowest BCUT2D eigenvalue weighted by molar-refractivity contribution is -0.137. The number of carbonyl (C=O) groups excluding carboxylic acids is 1. The molecule has 0 saturated heterocycles. The Kier molecular flexibility index (Phi) is 6.12. The van der Waals surface area contributed by atoms with Gasteiger partial charge in [-0.3, -0.25) is 4.79 Å². The van der Waals surface area contributed by atoms with Crippen molar-refractivity contribution in [2.75, 3.05) is 5.32 Å². The highest BCUT2D eigenvalue weighted by molar-refractivity contribution is 7.99. The molecule has 0 aliphatic rings. The molecule has 0 aliphatic carbocycles. The van der Waals surface area contributed by atoms with Crippen LogP contribution in [-0.4, -0.2) is 15.9 Å². The number of amides is 1. The van der Waals surface area contributed by atoms with Crippen molar-refractivity contribution in [2.45, 2.75) is 16.2 Å². The third-order valence-corrected chi connectivity index (χ3v) is 5.14. The Bertz CT molecular complexity index is 1010. The average Bonchev–Trinajstić information content (AvgIpc) is 2.65. The third kappa shape index (κ3) is 4.95. The molecule has 2 aromatic heterocycles. The average molecular weight is 444 g/mol. The van der Waals surface area contributed by atoms with Gasteiger partial charge in [-0.25, -0.2) is 9.97 Å². The monoisotopic (exact) mass is 443 g/mol. The number of nitrogens with one attached hydrogen (secondary N) is 1. The van der Waals surface area contributed by atoms with E-state index >= 15 is 0 Å². The Hall–Kier alpha value is -2.29. The smallest absolute Gasteiger partial charge is 0.322 e. The molecule has 0 atom stereocenters. The van der Waals surface area contributed by atoms with Crippen molar-refractivity contribution < 1.29 is 18.0 Å². The Morgan fingerprint density at radius 3 is 2.39 bits per heavy atom. The standard InChI is InChI=1S/C18H10Cl2F3N3OS/c19-11-3-5-12(6-4-11)26-15(27)13-2-1-7-24-16(13)28-17-14(20)8-10(9-25-17)18(21,22)23/h1-9H,(H,26,27). The fraction of sp³-hybridized carbons (Fsp3) is 0.0556. The molecule has 0 fully saturated rings. The molecule has 1 amide bonds. The van der Waals surface area contributed by atoms with E-state index in [4.69, 9.17) is 23.2 Å². The van der Waals surface area contributed by atoms with Crippen LogP contribution in [0.1, 0.15) is 15.9 Å². The van der Waals surface area contributed by atoms with E-state index in [1.54, 1.807) is 36.4 Å². The van der Waals surface area contributed by atoms with Crippen molar-refractivity contribution in [3.05, 3.63) is 76.0 Å². The molecular formula is C18H10Cl2F3N3OS. The number of anilines is 1. The number of aromatic nitrogens is 2. The SMILES string of the molecule is O=C(Nc1ccc(Cl)cc1)c1cccnc1Sc1ncc(C(F)(F)F)cc1Cl. The summed E-state index contributed by atoms with van der Waals surface area (Å²) in [4.78, 5) is 20.5. The van der Waals surface area contributed by atoms with Crippen molar-refractivity contribution >= 4 is 46.6 Å². The zero-order valence-electron chi connectivity index (χ0n) is 13.8. The van der Waals surface area contributed by atoms with E-state index in [0.29, 0.717) is 16.9 Å². The maximum absolute atomic E-state index is 12.7. The van der Waals surface area contributed by atoms with Crippen molar-refractivity contribution in [3.8, 4) is 0 Å².